The minimum Gasteiger partial charge on any atom is -0.369 e. The van der Waals surface area contributed by atoms with E-state index in [0.717, 1.165) is 58.3 Å². The fraction of sp³-hybridized carbons (Fsp3) is 0.875. The first-order chi connectivity index (χ1) is 10.6. The zero-order chi connectivity index (χ0) is 15.9. The lowest BCUT2D eigenvalue weighted by atomic mass is 9.97. The second-order valence-electron chi connectivity index (χ2n) is 6.53. The van der Waals surface area contributed by atoms with Crippen LogP contribution >= 0.6 is 0 Å². The molecule has 1 unspecified atom stereocenters. The van der Waals surface area contributed by atoms with E-state index in [9.17, 15) is 9.59 Å². The lowest BCUT2D eigenvalue weighted by molar-refractivity contribution is -0.136. The maximum absolute atomic E-state index is 12.6. The van der Waals surface area contributed by atoms with Gasteiger partial charge in [0.2, 0.25) is 11.8 Å². The number of rotatable bonds is 6. The summed E-state index contributed by atoms with van der Waals surface area (Å²) in [5.74, 6) is -0.296. The molecule has 0 aliphatic carbocycles. The van der Waals surface area contributed by atoms with Gasteiger partial charge >= 0.3 is 0 Å². The van der Waals surface area contributed by atoms with E-state index in [0.29, 0.717) is 19.1 Å². The fourth-order valence-corrected chi connectivity index (χ4v) is 3.56. The van der Waals surface area contributed by atoms with Crippen molar-refractivity contribution in [2.45, 2.75) is 45.1 Å². The van der Waals surface area contributed by atoms with E-state index in [1.54, 1.807) is 0 Å². The Kier molecular flexibility index (Phi) is 6.64. The largest absolute Gasteiger partial charge is 0.369 e. The Balaban J connectivity index is 1.90. The van der Waals surface area contributed by atoms with E-state index in [4.69, 9.17) is 5.73 Å². The number of amides is 2. The molecule has 22 heavy (non-hydrogen) atoms. The Hall–Kier alpha value is -1.14. The number of nitrogens with one attached hydrogen (secondary N) is 1. The zero-order valence-corrected chi connectivity index (χ0v) is 13.7. The average molecular weight is 310 g/mol. The summed E-state index contributed by atoms with van der Waals surface area (Å²) >= 11 is 0. The maximum atomic E-state index is 12.6. The smallest absolute Gasteiger partial charge is 0.236 e. The monoisotopic (exact) mass is 310 g/mol. The summed E-state index contributed by atoms with van der Waals surface area (Å²) in [4.78, 5) is 28.1. The molecule has 0 saturated carbocycles. The molecular weight excluding hydrogens is 280 g/mol. The Morgan fingerprint density at radius 1 is 1.27 bits per heavy atom. The zero-order valence-electron chi connectivity index (χ0n) is 13.7. The van der Waals surface area contributed by atoms with Crippen LogP contribution in [0.15, 0.2) is 0 Å². The van der Waals surface area contributed by atoms with E-state index < -0.39 is 0 Å². The number of hydrogen-bond donors (Lipinski definition) is 2. The van der Waals surface area contributed by atoms with Gasteiger partial charge in [0.05, 0.1) is 12.5 Å². The standard InChI is InChI=1S/C16H30N4O2/c1-2-9-19(14-5-7-18-8-6-14)12-15(21)20-10-3-4-13(11-20)16(17)22/h13-14,18H,2-12H2,1H3,(H2,17,22). The number of carbonyl (C=O) groups is 2. The summed E-state index contributed by atoms with van der Waals surface area (Å²) in [6.07, 6.45) is 4.96. The van der Waals surface area contributed by atoms with Gasteiger partial charge in [-0.25, -0.2) is 0 Å². The van der Waals surface area contributed by atoms with Crippen LogP contribution in [0.1, 0.15) is 39.0 Å². The van der Waals surface area contributed by atoms with Crippen LogP contribution in [0.4, 0.5) is 0 Å². The van der Waals surface area contributed by atoms with Crippen molar-refractivity contribution in [3.05, 3.63) is 0 Å². The Morgan fingerprint density at radius 2 is 2.00 bits per heavy atom. The topological polar surface area (TPSA) is 78.7 Å². The molecule has 2 aliphatic heterocycles. The quantitative estimate of drug-likeness (QED) is 0.733. The van der Waals surface area contributed by atoms with Crippen LogP contribution in [0, 0.1) is 5.92 Å². The molecule has 6 heteroatoms. The second-order valence-corrected chi connectivity index (χ2v) is 6.53. The molecule has 0 aromatic heterocycles. The molecular formula is C16H30N4O2. The van der Waals surface area contributed by atoms with Crippen LogP contribution < -0.4 is 11.1 Å². The number of likely N-dealkylation sites (tertiary alicyclic amines) is 1. The summed E-state index contributed by atoms with van der Waals surface area (Å²) in [5.41, 5.74) is 5.40. The van der Waals surface area contributed by atoms with Gasteiger partial charge < -0.3 is 16.0 Å². The summed E-state index contributed by atoms with van der Waals surface area (Å²) in [6.45, 7) is 6.92. The van der Waals surface area contributed by atoms with Crippen molar-refractivity contribution in [3.8, 4) is 0 Å². The van der Waals surface area contributed by atoms with Crippen molar-refractivity contribution in [1.82, 2.24) is 15.1 Å². The molecule has 0 aromatic rings. The summed E-state index contributed by atoms with van der Waals surface area (Å²) in [5, 5.41) is 3.37. The van der Waals surface area contributed by atoms with Gasteiger partial charge in [0.1, 0.15) is 0 Å². The van der Waals surface area contributed by atoms with Crippen molar-refractivity contribution in [1.29, 1.82) is 0 Å². The Labute approximate surface area is 133 Å². The van der Waals surface area contributed by atoms with Crippen LogP contribution in [0.5, 0.6) is 0 Å². The molecule has 126 valence electrons. The number of nitrogens with two attached hydrogens (primary N) is 1. The van der Waals surface area contributed by atoms with Crippen molar-refractivity contribution in [3.63, 3.8) is 0 Å². The Morgan fingerprint density at radius 3 is 2.64 bits per heavy atom. The van der Waals surface area contributed by atoms with E-state index >= 15 is 0 Å². The highest BCUT2D eigenvalue weighted by Gasteiger charge is 2.29. The number of nitrogens with zero attached hydrogens (tertiary/aromatic N) is 2. The molecule has 0 spiro atoms. The predicted molar refractivity (Wildman–Crippen MR) is 86.3 cm³/mol. The minimum absolute atomic E-state index is 0.151. The van der Waals surface area contributed by atoms with Crippen LogP contribution in [-0.2, 0) is 9.59 Å². The lowest BCUT2D eigenvalue weighted by Crippen LogP contribution is -2.51. The molecule has 2 saturated heterocycles. The summed E-state index contributed by atoms with van der Waals surface area (Å²) in [7, 11) is 0. The lowest BCUT2D eigenvalue weighted by Gasteiger charge is -2.37. The van der Waals surface area contributed by atoms with E-state index in [1.165, 1.54) is 0 Å². The van der Waals surface area contributed by atoms with Gasteiger partial charge in [0.15, 0.2) is 0 Å². The number of carbonyl (C=O) groups excluding carboxylic acids is 2. The van der Waals surface area contributed by atoms with Crippen LogP contribution in [0.3, 0.4) is 0 Å². The van der Waals surface area contributed by atoms with Crippen molar-refractivity contribution >= 4 is 11.8 Å². The average Bonchev–Trinajstić information content (AvgIpc) is 2.55. The third-order valence-electron chi connectivity index (χ3n) is 4.85. The maximum Gasteiger partial charge on any atom is 0.236 e. The highest BCUT2D eigenvalue weighted by Crippen LogP contribution is 2.18. The number of piperidine rings is 2. The van der Waals surface area contributed by atoms with Gasteiger partial charge in [-0.1, -0.05) is 6.92 Å². The highest BCUT2D eigenvalue weighted by molar-refractivity contribution is 5.81. The molecule has 2 aliphatic rings. The van der Waals surface area contributed by atoms with E-state index in [1.807, 2.05) is 4.90 Å². The third-order valence-corrected chi connectivity index (χ3v) is 4.85. The van der Waals surface area contributed by atoms with Crippen LogP contribution in [-0.4, -0.2) is 66.9 Å². The van der Waals surface area contributed by atoms with Gasteiger partial charge in [-0.3, -0.25) is 14.5 Å². The molecule has 0 radical (unpaired) electrons. The van der Waals surface area contributed by atoms with Gasteiger partial charge in [-0.2, -0.15) is 0 Å². The molecule has 1 atom stereocenters. The summed E-state index contributed by atoms with van der Waals surface area (Å²) in [6, 6.07) is 0.502. The molecule has 2 heterocycles. The number of hydrogen-bond acceptors (Lipinski definition) is 4. The SMILES string of the molecule is CCCN(CC(=O)N1CCCC(C(N)=O)C1)C1CCNCC1. The van der Waals surface area contributed by atoms with E-state index in [2.05, 4.69) is 17.1 Å². The fourth-order valence-electron chi connectivity index (χ4n) is 3.56. The molecule has 0 aromatic carbocycles. The Bertz CT molecular complexity index is 382. The summed E-state index contributed by atoms with van der Waals surface area (Å²) < 4.78 is 0. The second kappa shape index (κ2) is 8.48. The van der Waals surface area contributed by atoms with Gasteiger partial charge in [0.25, 0.3) is 0 Å². The third kappa shape index (κ3) is 4.68. The first-order valence-corrected chi connectivity index (χ1v) is 8.63. The molecule has 2 rings (SSSR count). The van der Waals surface area contributed by atoms with E-state index in [-0.39, 0.29) is 17.7 Å². The molecule has 3 N–H and O–H groups in total. The van der Waals surface area contributed by atoms with Crippen molar-refractivity contribution < 1.29 is 9.59 Å². The number of primary amides is 1. The van der Waals surface area contributed by atoms with Crippen LogP contribution in [0.2, 0.25) is 0 Å². The predicted octanol–water partition coefficient (Wildman–Crippen LogP) is 0.174. The first-order valence-electron chi connectivity index (χ1n) is 8.63. The van der Waals surface area contributed by atoms with Crippen molar-refractivity contribution in [2.75, 3.05) is 39.3 Å². The minimum atomic E-state index is -0.277. The molecule has 0 bridgehead atoms. The van der Waals surface area contributed by atoms with Gasteiger partial charge in [-0.15, -0.1) is 0 Å². The van der Waals surface area contributed by atoms with Crippen LogP contribution in [0.25, 0.3) is 0 Å². The first kappa shape index (κ1) is 17.2. The molecule has 6 nitrogen and oxygen atoms in total. The normalized spacial score (nSPS) is 23.7. The van der Waals surface area contributed by atoms with Gasteiger partial charge in [-0.05, 0) is 51.7 Å². The van der Waals surface area contributed by atoms with Crippen molar-refractivity contribution in [2.24, 2.45) is 11.7 Å². The highest BCUT2D eigenvalue weighted by atomic mass is 16.2. The molecule has 2 fully saturated rings. The van der Waals surface area contributed by atoms with Gasteiger partial charge in [0, 0.05) is 19.1 Å². The molecule has 2 amide bonds.